The Morgan fingerprint density at radius 2 is 2.09 bits per heavy atom. The van der Waals surface area contributed by atoms with Gasteiger partial charge in [-0.05, 0) is 25.3 Å². The summed E-state index contributed by atoms with van der Waals surface area (Å²) in [5, 5.41) is 10.7. The molecule has 1 atom stereocenters. The van der Waals surface area contributed by atoms with Crippen LogP contribution >= 0.6 is 11.8 Å². The number of hydrogen-bond acceptors (Lipinski definition) is 7. The van der Waals surface area contributed by atoms with E-state index in [1.54, 1.807) is 12.0 Å². The Kier molecular flexibility index (Phi) is 6.19. The molecule has 1 aliphatic heterocycles. The average molecular weight is 490 g/mol. The fourth-order valence-corrected chi connectivity index (χ4v) is 7.03. The highest BCUT2D eigenvalue weighted by Gasteiger charge is 2.35. The standard InChI is InChI=1S/C22H27N5O4S2/c1-31-10-9-26(16-8-11-33(29,30)14-16)20(28)13-32-22-25-24-21(27(22)15-6-7-15)18-12-23-19-5-3-2-4-17(18)19/h2-5,12,15-16,23H,6-11,13-14H2,1H3/t16-/m1/s1. The van der Waals surface area contributed by atoms with Crippen molar-refractivity contribution in [2.75, 3.05) is 37.5 Å². The van der Waals surface area contributed by atoms with Gasteiger partial charge in [0.1, 0.15) is 0 Å². The Morgan fingerprint density at radius 3 is 2.82 bits per heavy atom. The number of hydrogen-bond donors (Lipinski definition) is 1. The van der Waals surface area contributed by atoms with Gasteiger partial charge in [-0.15, -0.1) is 10.2 Å². The zero-order valence-electron chi connectivity index (χ0n) is 18.4. The molecule has 11 heteroatoms. The molecule has 1 aromatic carbocycles. The van der Waals surface area contributed by atoms with Crippen LogP contribution in [0, 0.1) is 0 Å². The second-order valence-corrected chi connectivity index (χ2v) is 11.8. The van der Waals surface area contributed by atoms with E-state index in [0.717, 1.165) is 40.3 Å². The summed E-state index contributed by atoms with van der Waals surface area (Å²) in [5.74, 6) is 1.04. The quantitative estimate of drug-likeness (QED) is 0.460. The van der Waals surface area contributed by atoms with Crippen molar-refractivity contribution in [3.8, 4) is 11.4 Å². The molecule has 176 valence electrons. The third-order valence-corrected chi connectivity index (χ3v) is 8.92. The number of nitrogens with zero attached hydrogens (tertiary/aromatic N) is 4. The van der Waals surface area contributed by atoms with Crippen molar-refractivity contribution < 1.29 is 17.9 Å². The molecule has 2 aliphatic rings. The number of sulfone groups is 1. The lowest BCUT2D eigenvalue weighted by Gasteiger charge is -2.28. The smallest absolute Gasteiger partial charge is 0.233 e. The number of para-hydroxylation sites is 1. The Bertz CT molecular complexity index is 1260. The number of aromatic amines is 1. The maximum Gasteiger partial charge on any atom is 0.233 e. The molecule has 1 N–H and O–H groups in total. The molecule has 9 nitrogen and oxygen atoms in total. The average Bonchev–Trinajstić information content (AvgIpc) is 3.24. The van der Waals surface area contributed by atoms with Gasteiger partial charge in [0.2, 0.25) is 5.91 Å². The van der Waals surface area contributed by atoms with Crippen molar-refractivity contribution in [1.82, 2.24) is 24.6 Å². The van der Waals surface area contributed by atoms with Crippen molar-refractivity contribution in [3.63, 3.8) is 0 Å². The minimum atomic E-state index is -3.09. The van der Waals surface area contributed by atoms with Crippen LogP contribution in [0.25, 0.3) is 22.3 Å². The summed E-state index contributed by atoms with van der Waals surface area (Å²) in [6.07, 6.45) is 4.56. The van der Waals surface area contributed by atoms with Crippen molar-refractivity contribution in [2.45, 2.75) is 36.5 Å². The number of thioether (sulfide) groups is 1. The van der Waals surface area contributed by atoms with Crippen LogP contribution in [0.1, 0.15) is 25.3 Å². The third kappa shape index (κ3) is 4.67. The van der Waals surface area contributed by atoms with E-state index in [0.29, 0.717) is 25.6 Å². The molecule has 33 heavy (non-hydrogen) atoms. The number of aromatic nitrogens is 4. The van der Waals surface area contributed by atoms with Crippen molar-refractivity contribution in [1.29, 1.82) is 0 Å². The Labute approximate surface area is 196 Å². The zero-order valence-corrected chi connectivity index (χ0v) is 20.1. The van der Waals surface area contributed by atoms with E-state index in [2.05, 4.69) is 25.8 Å². The van der Waals surface area contributed by atoms with Gasteiger partial charge in [0.25, 0.3) is 0 Å². The maximum absolute atomic E-state index is 13.1. The number of nitrogens with one attached hydrogen (secondary N) is 1. The maximum atomic E-state index is 13.1. The molecule has 0 bridgehead atoms. The number of ether oxygens (including phenoxy) is 1. The number of carbonyl (C=O) groups excluding carboxylic acids is 1. The van der Waals surface area contributed by atoms with Gasteiger partial charge in [0, 0.05) is 48.4 Å². The van der Waals surface area contributed by atoms with Crippen LogP contribution in [-0.4, -0.2) is 82.5 Å². The Hall–Kier alpha value is -2.37. The molecule has 2 fully saturated rings. The van der Waals surface area contributed by atoms with Gasteiger partial charge in [-0.25, -0.2) is 8.42 Å². The summed E-state index contributed by atoms with van der Waals surface area (Å²) in [5.41, 5.74) is 2.04. The van der Waals surface area contributed by atoms with Crippen LogP contribution in [0.2, 0.25) is 0 Å². The van der Waals surface area contributed by atoms with Gasteiger partial charge in [-0.1, -0.05) is 30.0 Å². The lowest BCUT2D eigenvalue weighted by Crippen LogP contribution is -2.44. The summed E-state index contributed by atoms with van der Waals surface area (Å²) in [4.78, 5) is 18.1. The Balaban J connectivity index is 1.35. The summed E-state index contributed by atoms with van der Waals surface area (Å²) in [6.45, 7) is 0.752. The minimum absolute atomic E-state index is 0.0239. The lowest BCUT2D eigenvalue weighted by molar-refractivity contribution is -0.130. The van der Waals surface area contributed by atoms with Crippen LogP contribution in [-0.2, 0) is 19.4 Å². The normalized spacial score (nSPS) is 19.8. The molecule has 1 amide bonds. The summed E-state index contributed by atoms with van der Waals surface area (Å²) >= 11 is 1.37. The molecule has 0 spiro atoms. The summed E-state index contributed by atoms with van der Waals surface area (Å²) in [7, 11) is -1.51. The van der Waals surface area contributed by atoms with Gasteiger partial charge < -0.3 is 14.6 Å². The molecular weight excluding hydrogens is 462 g/mol. The number of methoxy groups -OCH3 is 1. The molecule has 1 saturated heterocycles. The van der Waals surface area contributed by atoms with Crippen molar-refractivity contribution in [3.05, 3.63) is 30.5 Å². The number of fused-ring (bicyclic) bond motifs is 1. The highest BCUT2D eigenvalue weighted by Crippen LogP contribution is 2.42. The molecular formula is C22H27N5O4S2. The first-order valence-electron chi connectivity index (χ1n) is 11.1. The molecule has 0 unspecified atom stereocenters. The highest BCUT2D eigenvalue weighted by molar-refractivity contribution is 7.99. The third-order valence-electron chi connectivity index (χ3n) is 6.24. The van der Waals surface area contributed by atoms with Gasteiger partial charge in [-0.3, -0.25) is 9.36 Å². The number of rotatable bonds is 9. The van der Waals surface area contributed by atoms with E-state index in [-0.39, 0.29) is 29.2 Å². The van der Waals surface area contributed by atoms with Gasteiger partial charge >= 0.3 is 0 Å². The summed E-state index contributed by atoms with van der Waals surface area (Å²) in [6, 6.07) is 8.14. The first-order valence-corrected chi connectivity index (χ1v) is 13.9. The van der Waals surface area contributed by atoms with Crippen LogP contribution in [0.4, 0.5) is 0 Å². The second kappa shape index (κ2) is 9.11. The molecule has 0 radical (unpaired) electrons. The number of carbonyl (C=O) groups is 1. The van der Waals surface area contributed by atoms with E-state index in [9.17, 15) is 13.2 Å². The first kappa shape index (κ1) is 22.4. The SMILES string of the molecule is COCCN(C(=O)CSc1nnc(-c2c[nH]c3ccccc23)n1C1CC1)[C@@H]1CCS(=O)(=O)C1. The monoisotopic (exact) mass is 489 g/mol. The molecule has 1 saturated carbocycles. The van der Waals surface area contributed by atoms with Gasteiger partial charge in [0.05, 0.1) is 23.9 Å². The fourth-order valence-electron chi connectivity index (χ4n) is 4.41. The number of amides is 1. The first-order chi connectivity index (χ1) is 16.0. The molecule has 1 aliphatic carbocycles. The van der Waals surface area contributed by atoms with E-state index in [1.165, 1.54) is 11.8 Å². The van der Waals surface area contributed by atoms with Crippen LogP contribution in [0.3, 0.4) is 0 Å². The van der Waals surface area contributed by atoms with Crippen molar-refractivity contribution in [2.24, 2.45) is 0 Å². The van der Waals surface area contributed by atoms with Crippen LogP contribution in [0.15, 0.2) is 35.6 Å². The van der Waals surface area contributed by atoms with E-state index in [1.807, 2.05) is 24.4 Å². The van der Waals surface area contributed by atoms with Crippen LogP contribution < -0.4 is 0 Å². The predicted molar refractivity (Wildman–Crippen MR) is 127 cm³/mol. The molecule has 3 aromatic rings. The minimum Gasteiger partial charge on any atom is -0.383 e. The predicted octanol–water partition coefficient (Wildman–Crippen LogP) is 2.52. The Morgan fingerprint density at radius 1 is 1.27 bits per heavy atom. The van der Waals surface area contributed by atoms with Crippen LogP contribution in [0.5, 0.6) is 0 Å². The zero-order chi connectivity index (χ0) is 23.0. The topological polar surface area (TPSA) is 110 Å². The number of benzene rings is 1. The highest BCUT2D eigenvalue weighted by atomic mass is 32.2. The van der Waals surface area contributed by atoms with E-state index >= 15 is 0 Å². The molecule has 3 heterocycles. The largest absolute Gasteiger partial charge is 0.383 e. The van der Waals surface area contributed by atoms with Crippen molar-refractivity contribution >= 4 is 38.4 Å². The fraction of sp³-hybridized carbons (Fsp3) is 0.500. The van der Waals surface area contributed by atoms with Gasteiger partial charge in [-0.2, -0.15) is 0 Å². The summed E-state index contributed by atoms with van der Waals surface area (Å²) < 4.78 is 31.2. The van der Waals surface area contributed by atoms with Gasteiger partial charge in [0.15, 0.2) is 20.8 Å². The second-order valence-electron chi connectivity index (χ2n) is 8.58. The van der Waals surface area contributed by atoms with E-state index < -0.39 is 9.84 Å². The lowest BCUT2D eigenvalue weighted by atomic mass is 10.1. The van der Waals surface area contributed by atoms with E-state index in [4.69, 9.17) is 4.74 Å². The number of H-pyrrole nitrogens is 1. The molecule has 2 aromatic heterocycles. The molecule has 5 rings (SSSR count).